The molecule has 0 aliphatic rings. The summed E-state index contributed by atoms with van der Waals surface area (Å²) in [5, 5.41) is 0.424. The Morgan fingerprint density at radius 2 is 1.86 bits per heavy atom. The van der Waals surface area contributed by atoms with Crippen molar-refractivity contribution < 1.29 is 4.79 Å². The molecule has 1 amide bonds. The predicted octanol–water partition coefficient (Wildman–Crippen LogP) is 1.43. The van der Waals surface area contributed by atoms with Crippen LogP contribution in [0.25, 0.3) is 0 Å². The summed E-state index contributed by atoms with van der Waals surface area (Å²) in [5.41, 5.74) is 0. The van der Waals surface area contributed by atoms with Gasteiger partial charge in [-0.2, -0.15) is 0 Å². The largest absolute Gasteiger partial charge is 0.340 e. The highest BCUT2D eigenvalue weighted by Gasteiger charge is 2.13. The highest BCUT2D eigenvalue weighted by Crippen LogP contribution is 2.01. The van der Waals surface area contributed by atoms with E-state index >= 15 is 0 Å². The predicted molar refractivity (Wildman–Crippen MR) is 63.8 cm³/mol. The third-order valence-corrected chi connectivity index (χ3v) is 2.35. The van der Waals surface area contributed by atoms with E-state index in [0.717, 1.165) is 19.6 Å². The second-order valence-corrected chi connectivity index (χ2v) is 4.73. The smallest absolute Gasteiger partial charge is 0.233 e. The third-order valence-electron chi connectivity index (χ3n) is 1.87. The lowest BCUT2D eigenvalue weighted by Crippen LogP contribution is -2.39. The van der Waals surface area contributed by atoms with E-state index in [2.05, 4.69) is 34.7 Å². The van der Waals surface area contributed by atoms with Crippen LogP contribution in [-0.4, -0.2) is 54.8 Å². The van der Waals surface area contributed by atoms with E-state index in [1.54, 1.807) is 0 Å². The van der Waals surface area contributed by atoms with Gasteiger partial charge in [0.15, 0.2) is 0 Å². The van der Waals surface area contributed by atoms with Gasteiger partial charge in [0.2, 0.25) is 5.91 Å². The zero-order valence-corrected chi connectivity index (χ0v) is 11.2. The molecule has 0 unspecified atom stereocenters. The van der Waals surface area contributed by atoms with Crippen molar-refractivity contribution in [3.8, 4) is 0 Å². The minimum absolute atomic E-state index is 0.181. The highest BCUT2D eigenvalue weighted by molar-refractivity contribution is 9.09. The molecule has 0 aromatic heterocycles. The number of hydrogen-bond acceptors (Lipinski definition) is 2. The van der Waals surface area contributed by atoms with Crippen molar-refractivity contribution in [3.05, 3.63) is 0 Å². The maximum Gasteiger partial charge on any atom is 0.233 e. The molecule has 0 aromatic rings. The maximum absolute atomic E-state index is 11.5. The van der Waals surface area contributed by atoms with Gasteiger partial charge in [0.25, 0.3) is 0 Å². The summed E-state index contributed by atoms with van der Waals surface area (Å²) in [7, 11) is 4.04. The Balaban J connectivity index is 4.04. The molecule has 0 fully saturated rings. The summed E-state index contributed by atoms with van der Waals surface area (Å²) in [5.74, 6) is 0.709. The van der Waals surface area contributed by atoms with Gasteiger partial charge in [0.1, 0.15) is 0 Å². The van der Waals surface area contributed by atoms with E-state index in [-0.39, 0.29) is 5.91 Å². The molecule has 0 radical (unpaired) electrons. The number of hydrogen-bond donors (Lipinski definition) is 0. The number of likely N-dealkylation sites (N-methyl/N-ethyl adjacent to an activating group) is 1. The summed E-state index contributed by atoms with van der Waals surface area (Å²) in [4.78, 5) is 15.5. The lowest BCUT2D eigenvalue weighted by Gasteiger charge is -2.25. The first-order valence-corrected chi connectivity index (χ1v) is 6.08. The molecule has 0 spiro atoms. The van der Waals surface area contributed by atoms with Crippen molar-refractivity contribution >= 4 is 21.8 Å². The lowest BCUT2D eigenvalue weighted by atomic mass is 10.2. The van der Waals surface area contributed by atoms with Crippen LogP contribution in [0.15, 0.2) is 0 Å². The van der Waals surface area contributed by atoms with E-state index in [0.29, 0.717) is 11.2 Å². The van der Waals surface area contributed by atoms with Gasteiger partial charge in [0.05, 0.1) is 5.33 Å². The average molecular weight is 265 g/mol. The molecule has 0 N–H and O–H groups in total. The Labute approximate surface area is 95.6 Å². The second-order valence-electron chi connectivity index (χ2n) is 4.17. The monoisotopic (exact) mass is 264 g/mol. The van der Waals surface area contributed by atoms with Crippen molar-refractivity contribution in [2.45, 2.75) is 13.8 Å². The Kier molecular flexibility index (Phi) is 7.19. The first-order chi connectivity index (χ1) is 6.47. The number of carbonyl (C=O) groups excluding carboxylic acids is 1. The molecule has 0 saturated carbocycles. The van der Waals surface area contributed by atoms with Crippen LogP contribution in [0.4, 0.5) is 0 Å². The quantitative estimate of drug-likeness (QED) is 0.678. The van der Waals surface area contributed by atoms with Crippen LogP contribution in [0.1, 0.15) is 13.8 Å². The summed E-state index contributed by atoms with van der Waals surface area (Å²) in [6.07, 6.45) is 0. The SMILES string of the molecule is CC(C)CN(CCN(C)C)C(=O)CBr. The van der Waals surface area contributed by atoms with Gasteiger partial charge in [0, 0.05) is 19.6 Å². The molecular weight excluding hydrogens is 244 g/mol. The molecule has 84 valence electrons. The highest BCUT2D eigenvalue weighted by atomic mass is 79.9. The molecule has 0 aromatic carbocycles. The number of rotatable bonds is 6. The van der Waals surface area contributed by atoms with Gasteiger partial charge in [-0.3, -0.25) is 4.79 Å². The molecule has 4 heteroatoms. The molecule has 14 heavy (non-hydrogen) atoms. The molecule has 3 nitrogen and oxygen atoms in total. The van der Waals surface area contributed by atoms with Gasteiger partial charge in [-0.1, -0.05) is 29.8 Å². The molecule has 0 atom stereocenters. The minimum atomic E-state index is 0.181. The first kappa shape index (κ1) is 13.9. The maximum atomic E-state index is 11.5. The Bertz CT molecular complexity index is 172. The van der Waals surface area contributed by atoms with Gasteiger partial charge in [-0.05, 0) is 20.0 Å². The average Bonchev–Trinajstić information content (AvgIpc) is 2.10. The standard InChI is InChI=1S/C10H21BrN2O/c1-9(2)8-13(10(14)7-11)6-5-12(3)4/h9H,5-8H2,1-4H3. The fraction of sp³-hybridized carbons (Fsp3) is 0.900. The Morgan fingerprint density at radius 3 is 2.21 bits per heavy atom. The molecule has 0 aliphatic heterocycles. The lowest BCUT2D eigenvalue weighted by molar-refractivity contribution is -0.128. The fourth-order valence-electron chi connectivity index (χ4n) is 1.16. The van der Waals surface area contributed by atoms with Gasteiger partial charge >= 0.3 is 0 Å². The molecule has 0 heterocycles. The molecule has 0 bridgehead atoms. The number of carbonyl (C=O) groups is 1. The second kappa shape index (κ2) is 7.23. The summed E-state index contributed by atoms with van der Waals surface area (Å²) in [6.45, 7) is 6.84. The third kappa shape index (κ3) is 6.38. The molecule has 0 rings (SSSR count). The van der Waals surface area contributed by atoms with E-state index in [1.807, 2.05) is 19.0 Å². The number of alkyl halides is 1. The summed E-state index contributed by atoms with van der Waals surface area (Å²) < 4.78 is 0. The minimum Gasteiger partial charge on any atom is -0.340 e. The number of nitrogens with zero attached hydrogens (tertiary/aromatic N) is 2. The van der Waals surface area contributed by atoms with Crippen LogP contribution in [0.5, 0.6) is 0 Å². The van der Waals surface area contributed by atoms with Crippen LogP contribution >= 0.6 is 15.9 Å². The molecule has 0 saturated heterocycles. The zero-order valence-electron chi connectivity index (χ0n) is 9.59. The molecule has 0 aliphatic carbocycles. The summed E-state index contributed by atoms with van der Waals surface area (Å²) in [6, 6.07) is 0. The Hall–Kier alpha value is -0.0900. The fourth-order valence-corrected chi connectivity index (χ4v) is 1.52. The summed E-state index contributed by atoms with van der Waals surface area (Å²) >= 11 is 3.21. The normalized spacial score (nSPS) is 11.1. The number of halogens is 1. The van der Waals surface area contributed by atoms with Crippen LogP contribution in [0.2, 0.25) is 0 Å². The van der Waals surface area contributed by atoms with Crippen LogP contribution in [0, 0.1) is 5.92 Å². The van der Waals surface area contributed by atoms with Crippen molar-refractivity contribution in [1.82, 2.24) is 9.80 Å². The van der Waals surface area contributed by atoms with E-state index < -0.39 is 0 Å². The Morgan fingerprint density at radius 1 is 1.29 bits per heavy atom. The van der Waals surface area contributed by atoms with Crippen molar-refractivity contribution in [2.24, 2.45) is 5.92 Å². The van der Waals surface area contributed by atoms with Crippen molar-refractivity contribution in [3.63, 3.8) is 0 Å². The first-order valence-electron chi connectivity index (χ1n) is 4.95. The van der Waals surface area contributed by atoms with E-state index in [9.17, 15) is 4.79 Å². The van der Waals surface area contributed by atoms with Crippen LogP contribution in [-0.2, 0) is 4.79 Å². The van der Waals surface area contributed by atoms with Gasteiger partial charge in [-0.25, -0.2) is 0 Å². The van der Waals surface area contributed by atoms with Gasteiger partial charge in [-0.15, -0.1) is 0 Å². The van der Waals surface area contributed by atoms with Crippen LogP contribution < -0.4 is 0 Å². The molecular formula is C10H21BrN2O. The number of amides is 1. The van der Waals surface area contributed by atoms with Gasteiger partial charge < -0.3 is 9.80 Å². The van der Waals surface area contributed by atoms with Crippen molar-refractivity contribution in [2.75, 3.05) is 39.1 Å². The topological polar surface area (TPSA) is 23.6 Å². The van der Waals surface area contributed by atoms with Crippen LogP contribution in [0.3, 0.4) is 0 Å². The zero-order chi connectivity index (χ0) is 11.1. The van der Waals surface area contributed by atoms with E-state index in [1.165, 1.54) is 0 Å². The van der Waals surface area contributed by atoms with E-state index in [4.69, 9.17) is 0 Å². The van der Waals surface area contributed by atoms with Crippen molar-refractivity contribution in [1.29, 1.82) is 0 Å².